The minimum Gasteiger partial charge on any atom is -0.392 e. The van der Waals surface area contributed by atoms with Gasteiger partial charge in [0.1, 0.15) is 5.82 Å². The van der Waals surface area contributed by atoms with Gasteiger partial charge in [0.15, 0.2) is 0 Å². The molecule has 19 heavy (non-hydrogen) atoms. The largest absolute Gasteiger partial charge is 0.392 e. The van der Waals surface area contributed by atoms with Crippen molar-refractivity contribution in [1.29, 1.82) is 0 Å². The molecule has 6 nitrogen and oxygen atoms in total. The minimum absolute atomic E-state index is 0.450. The SMILES string of the molecule is NC(=O)c1cccnc1N1CCN(CC(N)=S)CC1. The Kier molecular flexibility index (Phi) is 4.28. The molecule has 0 saturated carbocycles. The van der Waals surface area contributed by atoms with Gasteiger partial charge in [0, 0.05) is 38.9 Å². The fraction of sp³-hybridized carbons (Fsp3) is 0.417. The number of nitrogens with two attached hydrogens (primary N) is 2. The van der Waals surface area contributed by atoms with Gasteiger partial charge in [0.2, 0.25) is 0 Å². The highest BCUT2D eigenvalue weighted by Gasteiger charge is 2.21. The summed E-state index contributed by atoms with van der Waals surface area (Å²) in [7, 11) is 0. The van der Waals surface area contributed by atoms with Gasteiger partial charge in [-0.15, -0.1) is 0 Å². The smallest absolute Gasteiger partial charge is 0.252 e. The predicted octanol–water partition coefficient (Wildman–Crippen LogP) is -0.411. The number of hydrogen-bond acceptors (Lipinski definition) is 5. The van der Waals surface area contributed by atoms with E-state index in [4.69, 9.17) is 23.7 Å². The normalized spacial score (nSPS) is 16.3. The van der Waals surface area contributed by atoms with Crippen LogP contribution in [0.1, 0.15) is 10.4 Å². The van der Waals surface area contributed by atoms with Crippen molar-refractivity contribution in [2.45, 2.75) is 0 Å². The quantitative estimate of drug-likeness (QED) is 0.728. The lowest BCUT2D eigenvalue weighted by Crippen LogP contribution is -2.49. The Bertz CT molecular complexity index is 485. The molecule has 2 rings (SSSR count). The summed E-state index contributed by atoms with van der Waals surface area (Å²) >= 11 is 4.90. The summed E-state index contributed by atoms with van der Waals surface area (Å²) in [6.45, 7) is 3.87. The first-order valence-electron chi connectivity index (χ1n) is 6.08. The molecule has 0 spiro atoms. The molecule has 1 aromatic rings. The molecule has 1 aromatic heterocycles. The lowest BCUT2D eigenvalue weighted by atomic mass is 10.2. The first-order valence-corrected chi connectivity index (χ1v) is 6.49. The molecular formula is C12H17N5OS. The Balaban J connectivity index is 2.05. The zero-order chi connectivity index (χ0) is 13.8. The van der Waals surface area contributed by atoms with Crippen LogP contribution in [-0.4, -0.2) is 53.5 Å². The topological polar surface area (TPSA) is 88.5 Å². The Labute approximate surface area is 117 Å². The Morgan fingerprint density at radius 1 is 1.32 bits per heavy atom. The maximum atomic E-state index is 11.4. The molecule has 1 fully saturated rings. The molecule has 1 aliphatic heterocycles. The van der Waals surface area contributed by atoms with E-state index in [9.17, 15) is 4.79 Å². The van der Waals surface area contributed by atoms with Gasteiger partial charge in [-0.3, -0.25) is 9.69 Å². The molecule has 7 heteroatoms. The summed E-state index contributed by atoms with van der Waals surface area (Å²) in [5.74, 6) is 0.207. The third kappa shape index (κ3) is 3.39. The van der Waals surface area contributed by atoms with Crippen LogP contribution in [0, 0.1) is 0 Å². The van der Waals surface area contributed by atoms with Crippen molar-refractivity contribution < 1.29 is 4.79 Å². The van der Waals surface area contributed by atoms with E-state index < -0.39 is 5.91 Å². The van der Waals surface area contributed by atoms with Crippen LogP contribution in [0.5, 0.6) is 0 Å². The van der Waals surface area contributed by atoms with E-state index in [0.717, 1.165) is 26.2 Å². The molecule has 0 aliphatic carbocycles. The number of pyridine rings is 1. The van der Waals surface area contributed by atoms with Gasteiger partial charge in [-0.25, -0.2) is 4.98 Å². The predicted molar refractivity (Wildman–Crippen MR) is 78.2 cm³/mol. The lowest BCUT2D eigenvalue weighted by molar-refractivity contribution is 0.100. The van der Waals surface area contributed by atoms with Crippen molar-refractivity contribution in [1.82, 2.24) is 9.88 Å². The van der Waals surface area contributed by atoms with Crippen molar-refractivity contribution >= 4 is 28.9 Å². The van der Waals surface area contributed by atoms with Gasteiger partial charge in [-0.1, -0.05) is 12.2 Å². The van der Waals surface area contributed by atoms with Gasteiger partial charge in [-0.05, 0) is 12.1 Å². The van der Waals surface area contributed by atoms with Crippen molar-refractivity contribution in [3.63, 3.8) is 0 Å². The van der Waals surface area contributed by atoms with Gasteiger partial charge >= 0.3 is 0 Å². The molecule has 1 amide bonds. The van der Waals surface area contributed by atoms with Gasteiger partial charge in [0.05, 0.1) is 10.6 Å². The molecule has 2 heterocycles. The van der Waals surface area contributed by atoms with Crippen molar-refractivity contribution in [3.05, 3.63) is 23.9 Å². The van der Waals surface area contributed by atoms with E-state index >= 15 is 0 Å². The minimum atomic E-state index is -0.450. The molecule has 1 aliphatic rings. The van der Waals surface area contributed by atoms with E-state index in [0.29, 0.717) is 22.9 Å². The third-order valence-corrected chi connectivity index (χ3v) is 3.23. The Morgan fingerprint density at radius 3 is 2.58 bits per heavy atom. The summed E-state index contributed by atoms with van der Waals surface area (Å²) in [4.78, 5) is 20.4. The van der Waals surface area contributed by atoms with Crippen molar-refractivity contribution in [2.24, 2.45) is 11.5 Å². The number of anilines is 1. The second-order valence-corrected chi connectivity index (χ2v) is 4.99. The van der Waals surface area contributed by atoms with E-state index in [1.807, 2.05) is 0 Å². The summed E-state index contributed by atoms with van der Waals surface area (Å²) < 4.78 is 0. The van der Waals surface area contributed by atoms with Gasteiger partial charge in [-0.2, -0.15) is 0 Å². The van der Waals surface area contributed by atoms with Crippen LogP contribution >= 0.6 is 12.2 Å². The molecule has 0 bridgehead atoms. The molecule has 0 aromatic carbocycles. The number of carbonyl (C=O) groups excluding carboxylic acids is 1. The summed E-state index contributed by atoms with van der Waals surface area (Å²) in [5.41, 5.74) is 11.4. The molecule has 0 radical (unpaired) electrons. The van der Waals surface area contributed by atoms with Crippen LogP contribution in [0.3, 0.4) is 0 Å². The van der Waals surface area contributed by atoms with E-state index in [1.54, 1.807) is 18.3 Å². The van der Waals surface area contributed by atoms with Crippen LogP contribution in [0.4, 0.5) is 5.82 Å². The number of piperazine rings is 1. The maximum absolute atomic E-state index is 11.4. The molecule has 0 unspecified atom stereocenters. The highest BCUT2D eigenvalue weighted by molar-refractivity contribution is 7.80. The number of carbonyl (C=O) groups is 1. The second-order valence-electron chi connectivity index (χ2n) is 4.47. The third-order valence-electron chi connectivity index (χ3n) is 3.10. The zero-order valence-corrected chi connectivity index (χ0v) is 11.4. The van der Waals surface area contributed by atoms with E-state index in [2.05, 4.69) is 14.8 Å². The number of amides is 1. The average Bonchev–Trinajstić information content (AvgIpc) is 2.39. The van der Waals surface area contributed by atoms with Crippen molar-refractivity contribution in [3.8, 4) is 0 Å². The molecule has 1 saturated heterocycles. The van der Waals surface area contributed by atoms with E-state index in [-0.39, 0.29) is 0 Å². The van der Waals surface area contributed by atoms with Crippen LogP contribution < -0.4 is 16.4 Å². The van der Waals surface area contributed by atoms with Crippen LogP contribution in [-0.2, 0) is 0 Å². The Hall–Kier alpha value is -1.73. The summed E-state index contributed by atoms with van der Waals surface area (Å²) in [5, 5.41) is 0. The number of hydrogen-bond donors (Lipinski definition) is 2. The second kappa shape index (κ2) is 5.94. The molecule has 4 N–H and O–H groups in total. The fourth-order valence-electron chi connectivity index (χ4n) is 2.18. The fourth-order valence-corrected chi connectivity index (χ4v) is 2.36. The van der Waals surface area contributed by atoms with Crippen LogP contribution in [0.15, 0.2) is 18.3 Å². The molecule has 0 atom stereocenters. The van der Waals surface area contributed by atoms with Gasteiger partial charge in [0.25, 0.3) is 5.91 Å². The first kappa shape index (κ1) is 13.7. The highest BCUT2D eigenvalue weighted by Crippen LogP contribution is 2.18. The number of rotatable bonds is 4. The Morgan fingerprint density at radius 2 is 2.00 bits per heavy atom. The van der Waals surface area contributed by atoms with Crippen LogP contribution in [0.25, 0.3) is 0 Å². The maximum Gasteiger partial charge on any atom is 0.252 e. The van der Waals surface area contributed by atoms with E-state index in [1.165, 1.54) is 0 Å². The summed E-state index contributed by atoms with van der Waals surface area (Å²) in [6.07, 6.45) is 1.67. The monoisotopic (exact) mass is 279 g/mol. The highest BCUT2D eigenvalue weighted by atomic mass is 32.1. The number of aromatic nitrogens is 1. The number of primary amides is 1. The van der Waals surface area contributed by atoms with Crippen molar-refractivity contribution in [2.75, 3.05) is 37.6 Å². The standard InChI is InChI=1S/C12H17N5OS/c13-10(19)8-16-4-6-17(7-5-16)12-9(11(14)18)2-1-3-15-12/h1-3H,4-8H2,(H2,13,19)(H2,14,18). The number of thiocarbonyl (C=S) groups is 1. The molecule has 102 valence electrons. The average molecular weight is 279 g/mol. The molecular weight excluding hydrogens is 262 g/mol. The van der Waals surface area contributed by atoms with Gasteiger partial charge < -0.3 is 16.4 Å². The first-order chi connectivity index (χ1) is 9.08. The van der Waals surface area contributed by atoms with Crippen LogP contribution in [0.2, 0.25) is 0 Å². The summed E-state index contributed by atoms with van der Waals surface area (Å²) in [6, 6.07) is 3.42. The zero-order valence-electron chi connectivity index (χ0n) is 10.6. The lowest BCUT2D eigenvalue weighted by Gasteiger charge is -2.35. The number of nitrogens with zero attached hydrogens (tertiary/aromatic N) is 3.